The first-order valence-corrected chi connectivity index (χ1v) is 16.0. The van der Waals surface area contributed by atoms with Gasteiger partial charge in [-0.25, -0.2) is 9.59 Å². The maximum atomic E-state index is 14.8. The Morgan fingerprint density at radius 1 is 0.727 bits per heavy atom. The lowest BCUT2D eigenvalue weighted by atomic mass is 9.54. The van der Waals surface area contributed by atoms with Crippen molar-refractivity contribution in [2.45, 2.75) is 57.3 Å². The number of fused-ring (bicyclic) bond motifs is 9. The van der Waals surface area contributed by atoms with Crippen molar-refractivity contribution in [3.8, 4) is 11.1 Å². The van der Waals surface area contributed by atoms with Crippen LogP contribution in [0, 0.1) is 0 Å². The van der Waals surface area contributed by atoms with Gasteiger partial charge >= 0.3 is 11.9 Å². The first-order chi connectivity index (χ1) is 21.2. The molecule has 2 heterocycles. The van der Waals surface area contributed by atoms with E-state index in [-0.39, 0.29) is 11.8 Å². The smallest absolute Gasteiger partial charge is 0.355 e. The number of benzene rings is 4. The molecule has 0 N–H and O–H groups in total. The largest absolute Gasteiger partial charge is 0.460 e. The molecule has 4 aromatic carbocycles. The Morgan fingerprint density at radius 2 is 1.30 bits per heavy atom. The highest BCUT2D eigenvalue weighted by molar-refractivity contribution is 9.10. The highest BCUT2D eigenvalue weighted by atomic mass is 79.9. The monoisotopic (exact) mass is 647 g/mol. The molecule has 4 aromatic rings. The summed E-state index contributed by atoms with van der Waals surface area (Å²) in [5.74, 6) is -1.03. The molecule has 0 saturated carbocycles. The summed E-state index contributed by atoms with van der Waals surface area (Å²) in [4.78, 5) is 31.5. The number of nitrogens with zero attached hydrogens (tertiary/aromatic N) is 1. The van der Waals surface area contributed by atoms with Crippen molar-refractivity contribution in [3.05, 3.63) is 141 Å². The first kappa shape index (κ1) is 28.6. The second kappa shape index (κ2) is 10.5. The Hall–Kier alpha value is -4.16. The van der Waals surface area contributed by atoms with E-state index in [9.17, 15) is 9.59 Å². The first-order valence-electron chi connectivity index (χ1n) is 15.2. The molecule has 0 aromatic heterocycles. The minimum absolute atomic E-state index is 0.269. The fourth-order valence-corrected chi connectivity index (χ4v) is 8.35. The molecule has 6 heteroatoms. The van der Waals surface area contributed by atoms with E-state index in [4.69, 9.17) is 9.47 Å². The third-order valence-electron chi connectivity index (χ3n) is 9.12. The van der Waals surface area contributed by atoms with Crippen molar-refractivity contribution in [1.82, 2.24) is 4.90 Å². The lowest BCUT2D eigenvalue weighted by molar-refractivity contribution is -0.147. The lowest BCUT2D eigenvalue weighted by Crippen LogP contribution is -2.59. The molecule has 0 amide bonds. The van der Waals surface area contributed by atoms with Crippen molar-refractivity contribution >= 4 is 27.9 Å². The summed E-state index contributed by atoms with van der Waals surface area (Å²) in [5.41, 5.74) is 5.63. The summed E-state index contributed by atoms with van der Waals surface area (Å²) >= 11 is 3.76. The second-order valence-corrected chi connectivity index (χ2v) is 13.2. The van der Waals surface area contributed by atoms with Gasteiger partial charge in [-0.2, -0.15) is 0 Å². The lowest BCUT2D eigenvalue weighted by Gasteiger charge is -2.54. The number of hydrogen-bond acceptors (Lipinski definition) is 5. The second-order valence-electron chi connectivity index (χ2n) is 12.3. The van der Waals surface area contributed by atoms with Crippen LogP contribution in [-0.4, -0.2) is 35.6 Å². The van der Waals surface area contributed by atoms with E-state index in [1.807, 2.05) is 64.1 Å². The summed E-state index contributed by atoms with van der Waals surface area (Å²) < 4.78 is 13.0. The molecule has 7 rings (SSSR count). The van der Waals surface area contributed by atoms with E-state index in [1.54, 1.807) is 0 Å². The fraction of sp³-hybridized carbons (Fsp3) is 0.263. The van der Waals surface area contributed by atoms with Gasteiger partial charge in [0.2, 0.25) is 0 Å². The zero-order valence-electron chi connectivity index (χ0n) is 25.3. The van der Waals surface area contributed by atoms with Gasteiger partial charge in [0.15, 0.2) is 0 Å². The average Bonchev–Trinajstić information content (AvgIpc) is 3.46. The van der Waals surface area contributed by atoms with Gasteiger partial charge in [0, 0.05) is 11.0 Å². The normalized spacial score (nSPS) is 19.1. The van der Waals surface area contributed by atoms with Crippen molar-refractivity contribution in [2.24, 2.45) is 0 Å². The third-order valence-corrected chi connectivity index (χ3v) is 9.61. The van der Waals surface area contributed by atoms with Crippen LogP contribution in [0.1, 0.15) is 55.5 Å². The minimum Gasteiger partial charge on any atom is -0.460 e. The van der Waals surface area contributed by atoms with Crippen molar-refractivity contribution in [3.63, 3.8) is 0 Å². The number of esters is 2. The highest BCUT2D eigenvalue weighted by Gasteiger charge is 2.72. The van der Waals surface area contributed by atoms with Gasteiger partial charge in [-0.1, -0.05) is 101 Å². The Morgan fingerprint density at radius 3 is 1.91 bits per heavy atom. The van der Waals surface area contributed by atoms with Gasteiger partial charge in [0.1, 0.15) is 11.2 Å². The Balaban J connectivity index is 1.75. The van der Waals surface area contributed by atoms with Crippen molar-refractivity contribution in [2.75, 3.05) is 6.54 Å². The molecular weight excluding hydrogens is 614 g/mol. The molecule has 1 unspecified atom stereocenters. The summed E-state index contributed by atoms with van der Waals surface area (Å²) in [5, 5.41) is 0. The topological polar surface area (TPSA) is 55.8 Å². The maximum absolute atomic E-state index is 14.8. The molecule has 0 radical (unpaired) electrons. The van der Waals surface area contributed by atoms with Crippen LogP contribution < -0.4 is 0 Å². The maximum Gasteiger partial charge on any atom is 0.355 e. The van der Waals surface area contributed by atoms with Crippen LogP contribution in [0.25, 0.3) is 11.1 Å². The summed E-state index contributed by atoms with van der Waals surface area (Å²) in [6.45, 7) is 7.87. The number of hydrogen-bond donors (Lipinski definition) is 0. The van der Waals surface area contributed by atoms with Gasteiger partial charge in [-0.3, -0.25) is 0 Å². The van der Waals surface area contributed by atoms with Gasteiger partial charge in [0.05, 0.1) is 23.2 Å². The number of ether oxygens (including phenoxy) is 2. The summed E-state index contributed by atoms with van der Waals surface area (Å²) in [7, 11) is 0. The van der Waals surface area contributed by atoms with E-state index < -0.39 is 29.0 Å². The molecule has 0 fully saturated rings. The van der Waals surface area contributed by atoms with Crippen LogP contribution in [0.4, 0.5) is 0 Å². The molecule has 3 aliphatic rings. The van der Waals surface area contributed by atoms with E-state index in [0.717, 1.165) is 37.9 Å². The standard InChI is InChI=1S/C38H34BrNO4/c1-23(2)43-35(41)33-34(36(42)44-24(3)4)40-21-20-25-12-5-8-17-30(25)38(40,26-13-11-14-27(39)22-26)37(33)31-18-9-6-15-28(31)29-16-7-10-19-32(29)37/h5-19,22-24H,20-21H2,1-4H3. The van der Waals surface area contributed by atoms with Gasteiger partial charge in [-0.05, 0) is 85.2 Å². The average molecular weight is 649 g/mol. The van der Waals surface area contributed by atoms with Crippen LogP contribution in [0.5, 0.6) is 0 Å². The zero-order chi connectivity index (χ0) is 30.8. The number of halogens is 1. The number of carbonyl (C=O) groups excluding carboxylic acids is 2. The Labute approximate surface area is 266 Å². The zero-order valence-corrected chi connectivity index (χ0v) is 26.9. The number of carbonyl (C=O) groups is 2. The van der Waals surface area contributed by atoms with Crippen LogP contribution in [0.15, 0.2) is 113 Å². The van der Waals surface area contributed by atoms with Crippen LogP contribution in [-0.2, 0) is 36.4 Å². The van der Waals surface area contributed by atoms with Crippen LogP contribution in [0.3, 0.4) is 0 Å². The van der Waals surface area contributed by atoms with E-state index in [2.05, 4.69) is 81.5 Å². The summed E-state index contributed by atoms with van der Waals surface area (Å²) in [6, 6.07) is 33.3. The van der Waals surface area contributed by atoms with Gasteiger partial charge in [-0.15, -0.1) is 0 Å². The van der Waals surface area contributed by atoms with Gasteiger partial charge < -0.3 is 14.4 Å². The SMILES string of the molecule is CC(C)OC(=O)C1=C(C(=O)OC(C)C)C2(c3ccccc3-c3ccccc32)C2(c3cccc(Br)c3)c3ccccc3CCN12. The molecule has 1 aliphatic carbocycles. The summed E-state index contributed by atoms with van der Waals surface area (Å²) in [6.07, 6.45) is -0.0709. The molecule has 222 valence electrons. The predicted octanol–water partition coefficient (Wildman–Crippen LogP) is 7.69. The third kappa shape index (κ3) is 3.76. The molecule has 1 spiro atoms. The fourth-order valence-electron chi connectivity index (χ4n) is 7.95. The molecule has 1 atom stereocenters. The molecule has 0 saturated heterocycles. The molecule has 5 nitrogen and oxygen atoms in total. The van der Waals surface area contributed by atoms with Crippen LogP contribution >= 0.6 is 15.9 Å². The van der Waals surface area contributed by atoms with E-state index in [0.29, 0.717) is 18.5 Å². The van der Waals surface area contributed by atoms with Gasteiger partial charge in [0.25, 0.3) is 0 Å². The highest BCUT2D eigenvalue weighted by Crippen LogP contribution is 2.70. The Kier molecular flexibility index (Phi) is 6.81. The van der Waals surface area contributed by atoms with Crippen LogP contribution in [0.2, 0.25) is 0 Å². The predicted molar refractivity (Wildman–Crippen MR) is 174 cm³/mol. The Bertz CT molecular complexity index is 1810. The molecule has 2 aliphatic heterocycles. The molecule has 0 bridgehead atoms. The van der Waals surface area contributed by atoms with E-state index >= 15 is 0 Å². The molecule has 44 heavy (non-hydrogen) atoms. The molecular formula is C38H34BrNO4. The van der Waals surface area contributed by atoms with Crippen molar-refractivity contribution in [1.29, 1.82) is 0 Å². The minimum atomic E-state index is -1.14. The quantitative estimate of drug-likeness (QED) is 0.208. The number of rotatable bonds is 5. The van der Waals surface area contributed by atoms with Crippen molar-refractivity contribution < 1.29 is 19.1 Å². The van der Waals surface area contributed by atoms with E-state index in [1.165, 1.54) is 5.56 Å².